The molecule has 0 aliphatic heterocycles. The summed E-state index contributed by atoms with van der Waals surface area (Å²) >= 11 is 0. The Morgan fingerprint density at radius 2 is 1.79 bits per heavy atom. The lowest BCUT2D eigenvalue weighted by Crippen LogP contribution is -2.30. The van der Waals surface area contributed by atoms with Crippen molar-refractivity contribution >= 4 is 5.91 Å². The third-order valence-electron chi connectivity index (χ3n) is 4.37. The molecule has 0 aliphatic carbocycles. The van der Waals surface area contributed by atoms with E-state index in [0.717, 1.165) is 11.1 Å². The molecule has 29 heavy (non-hydrogen) atoms. The van der Waals surface area contributed by atoms with Crippen molar-refractivity contribution in [1.82, 2.24) is 4.90 Å². The Bertz CT molecular complexity index is 998. The summed E-state index contributed by atoms with van der Waals surface area (Å²) in [5, 5.41) is 0. The highest BCUT2D eigenvalue weighted by molar-refractivity contribution is 5.91. The first-order valence-electron chi connectivity index (χ1n) is 9.23. The number of ether oxygens (including phenoxy) is 2. The number of carbonyl (C=O) groups excluding carboxylic acids is 1. The summed E-state index contributed by atoms with van der Waals surface area (Å²) in [5.74, 6) is 4.29. The molecule has 3 aromatic rings. The standard InChI is InChI=1S/C24H23NO4/c1-4-15-25(16-19-11-9-18(2)10-12-19)24(26)23-14-13-20(29-23)17-28-22-8-6-5-7-21(22)27-3/h1,5-14H,15-17H2,2-3H3. The summed E-state index contributed by atoms with van der Waals surface area (Å²) in [5.41, 5.74) is 2.17. The van der Waals surface area contributed by atoms with Crippen LogP contribution in [0, 0.1) is 19.3 Å². The van der Waals surface area contributed by atoms with E-state index in [9.17, 15) is 4.79 Å². The Balaban J connectivity index is 1.67. The van der Waals surface area contributed by atoms with Crippen LogP contribution in [0.4, 0.5) is 0 Å². The second-order valence-electron chi connectivity index (χ2n) is 6.56. The lowest BCUT2D eigenvalue weighted by molar-refractivity contribution is 0.0729. The van der Waals surface area contributed by atoms with Gasteiger partial charge in [0.15, 0.2) is 17.3 Å². The molecule has 2 aromatic carbocycles. The molecule has 0 saturated heterocycles. The summed E-state index contributed by atoms with van der Waals surface area (Å²) in [4.78, 5) is 14.4. The third-order valence-corrected chi connectivity index (χ3v) is 4.37. The zero-order valence-corrected chi connectivity index (χ0v) is 16.6. The van der Waals surface area contributed by atoms with Crippen LogP contribution >= 0.6 is 0 Å². The molecule has 5 heteroatoms. The fourth-order valence-electron chi connectivity index (χ4n) is 2.84. The number of nitrogens with zero attached hydrogens (tertiary/aromatic N) is 1. The lowest BCUT2D eigenvalue weighted by Gasteiger charge is -2.19. The minimum absolute atomic E-state index is 0.181. The second-order valence-corrected chi connectivity index (χ2v) is 6.56. The van der Waals surface area contributed by atoms with E-state index in [1.807, 2.05) is 55.5 Å². The maximum Gasteiger partial charge on any atom is 0.290 e. The highest BCUT2D eigenvalue weighted by Gasteiger charge is 2.19. The van der Waals surface area contributed by atoms with Gasteiger partial charge in [0.05, 0.1) is 13.7 Å². The van der Waals surface area contributed by atoms with E-state index in [1.54, 1.807) is 24.1 Å². The van der Waals surface area contributed by atoms with Gasteiger partial charge in [-0.15, -0.1) is 6.42 Å². The number of furan rings is 1. The fourth-order valence-corrected chi connectivity index (χ4v) is 2.84. The largest absolute Gasteiger partial charge is 0.493 e. The molecule has 0 radical (unpaired) electrons. The molecule has 1 amide bonds. The molecule has 0 fully saturated rings. The number of aryl methyl sites for hydroxylation is 1. The van der Waals surface area contributed by atoms with Gasteiger partial charge < -0.3 is 18.8 Å². The van der Waals surface area contributed by atoms with Gasteiger partial charge in [-0.1, -0.05) is 47.9 Å². The van der Waals surface area contributed by atoms with Crippen LogP contribution < -0.4 is 9.47 Å². The van der Waals surface area contributed by atoms with Crippen LogP contribution in [0.25, 0.3) is 0 Å². The molecule has 0 atom stereocenters. The van der Waals surface area contributed by atoms with Crippen molar-refractivity contribution in [2.24, 2.45) is 0 Å². The van der Waals surface area contributed by atoms with Gasteiger partial charge in [-0.05, 0) is 36.8 Å². The quantitative estimate of drug-likeness (QED) is 0.534. The molecule has 0 N–H and O–H groups in total. The molecule has 148 valence electrons. The molecular weight excluding hydrogens is 366 g/mol. The van der Waals surface area contributed by atoms with Crippen LogP contribution in [0.3, 0.4) is 0 Å². The van der Waals surface area contributed by atoms with Gasteiger partial charge in [0, 0.05) is 6.54 Å². The van der Waals surface area contributed by atoms with Gasteiger partial charge in [-0.3, -0.25) is 4.79 Å². The molecule has 3 rings (SSSR count). The molecule has 5 nitrogen and oxygen atoms in total. The first kappa shape index (κ1) is 20.1. The minimum Gasteiger partial charge on any atom is -0.493 e. The average molecular weight is 389 g/mol. The molecule has 1 aromatic heterocycles. The normalized spacial score (nSPS) is 10.2. The molecule has 1 heterocycles. The summed E-state index contributed by atoms with van der Waals surface area (Å²) < 4.78 is 16.7. The number of carbonyl (C=O) groups is 1. The zero-order chi connectivity index (χ0) is 20.6. The lowest BCUT2D eigenvalue weighted by atomic mass is 10.1. The fraction of sp³-hybridized carbons (Fsp3) is 0.208. The van der Waals surface area contributed by atoms with Gasteiger partial charge >= 0.3 is 0 Å². The van der Waals surface area contributed by atoms with Crippen molar-refractivity contribution < 1.29 is 18.7 Å². The Morgan fingerprint density at radius 3 is 2.48 bits per heavy atom. The Kier molecular flexibility index (Phi) is 6.59. The average Bonchev–Trinajstić information content (AvgIpc) is 3.22. The third kappa shape index (κ3) is 5.20. The molecule has 0 spiro atoms. The summed E-state index contributed by atoms with van der Waals surface area (Å²) in [6, 6.07) is 18.7. The Hall–Kier alpha value is -3.65. The smallest absolute Gasteiger partial charge is 0.290 e. The number of hydrogen-bond donors (Lipinski definition) is 0. The van der Waals surface area contributed by atoms with Gasteiger partial charge in [-0.25, -0.2) is 0 Å². The molecular formula is C24H23NO4. The van der Waals surface area contributed by atoms with E-state index in [2.05, 4.69) is 5.92 Å². The van der Waals surface area contributed by atoms with Crippen molar-refractivity contribution in [2.75, 3.05) is 13.7 Å². The number of rotatable bonds is 8. The van der Waals surface area contributed by atoms with E-state index in [0.29, 0.717) is 23.8 Å². The van der Waals surface area contributed by atoms with E-state index in [-0.39, 0.29) is 24.8 Å². The molecule has 0 bridgehead atoms. The molecule has 0 aliphatic rings. The first-order valence-corrected chi connectivity index (χ1v) is 9.23. The number of benzene rings is 2. The number of methoxy groups -OCH3 is 1. The highest BCUT2D eigenvalue weighted by Crippen LogP contribution is 2.27. The SMILES string of the molecule is C#CCN(Cc1ccc(C)cc1)C(=O)c1ccc(COc2ccccc2OC)o1. The van der Waals surface area contributed by atoms with Crippen molar-refractivity contribution in [3.63, 3.8) is 0 Å². The minimum atomic E-state index is -0.257. The maximum absolute atomic E-state index is 12.9. The predicted octanol–water partition coefficient (Wildman–Crippen LogP) is 4.45. The van der Waals surface area contributed by atoms with Gasteiger partial charge in [0.1, 0.15) is 12.4 Å². The Labute approximate surface area is 170 Å². The van der Waals surface area contributed by atoms with Crippen molar-refractivity contribution in [3.8, 4) is 23.8 Å². The number of hydrogen-bond acceptors (Lipinski definition) is 4. The van der Waals surface area contributed by atoms with Crippen LogP contribution in [0.5, 0.6) is 11.5 Å². The predicted molar refractivity (Wildman–Crippen MR) is 111 cm³/mol. The number of amides is 1. The molecule has 0 unspecified atom stereocenters. The monoisotopic (exact) mass is 389 g/mol. The van der Waals surface area contributed by atoms with Crippen LogP contribution in [0.1, 0.15) is 27.4 Å². The first-order chi connectivity index (χ1) is 14.1. The molecule has 0 saturated carbocycles. The summed E-state index contributed by atoms with van der Waals surface area (Å²) in [6.07, 6.45) is 5.46. The second kappa shape index (κ2) is 9.52. The van der Waals surface area contributed by atoms with E-state index in [1.165, 1.54) is 0 Å². The Morgan fingerprint density at radius 1 is 1.07 bits per heavy atom. The van der Waals surface area contributed by atoms with E-state index >= 15 is 0 Å². The number of terminal acetylenes is 1. The van der Waals surface area contributed by atoms with Crippen molar-refractivity contribution in [1.29, 1.82) is 0 Å². The van der Waals surface area contributed by atoms with Crippen molar-refractivity contribution in [3.05, 3.63) is 83.3 Å². The van der Waals surface area contributed by atoms with Crippen LogP contribution in [0.2, 0.25) is 0 Å². The number of para-hydroxylation sites is 2. The van der Waals surface area contributed by atoms with Gasteiger partial charge in [0.2, 0.25) is 0 Å². The van der Waals surface area contributed by atoms with Crippen molar-refractivity contribution in [2.45, 2.75) is 20.1 Å². The van der Waals surface area contributed by atoms with Gasteiger partial charge in [0.25, 0.3) is 5.91 Å². The maximum atomic E-state index is 12.9. The summed E-state index contributed by atoms with van der Waals surface area (Å²) in [7, 11) is 1.58. The van der Waals surface area contributed by atoms with Gasteiger partial charge in [-0.2, -0.15) is 0 Å². The topological polar surface area (TPSA) is 51.9 Å². The van der Waals surface area contributed by atoms with Crippen LogP contribution in [-0.4, -0.2) is 24.5 Å². The van der Waals surface area contributed by atoms with E-state index < -0.39 is 0 Å². The summed E-state index contributed by atoms with van der Waals surface area (Å²) in [6.45, 7) is 2.81. The van der Waals surface area contributed by atoms with Crippen LogP contribution in [-0.2, 0) is 13.2 Å². The zero-order valence-electron chi connectivity index (χ0n) is 16.6. The highest BCUT2D eigenvalue weighted by atomic mass is 16.5. The van der Waals surface area contributed by atoms with Crippen LogP contribution in [0.15, 0.2) is 65.1 Å². The van der Waals surface area contributed by atoms with E-state index in [4.69, 9.17) is 20.3 Å².